The van der Waals surface area contributed by atoms with Crippen LogP contribution in [0.15, 0.2) is 47.8 Å². The topological polar surface area (TPSA) is 79.3 Å². The quantitative estimate of drug-likeness (QED) is 0.384. The van der Waals surface area contributed by atoms with E-state index in [-0.39, 0.29) is 15.6 Å². The number of hydrogen-bond acceptors (Lipinski definition) is 5. The van der Waals surface area contributed by atoms with E-state index in [0.29, 0.717) is 31.4 Å². The Morgan fingerprint density at radius 2 is 1.82 bits per heavy atom. The van der Waals surface area contributed by atoms with E-state index in [4.69, 9.17) is 23.2 Å². The largest absolute Gasteiger partial charge is 0.478 e. The lowest BCUT2D eigenvalue weighted by atomic mass is 10.0. The van der Waals surface area contributed by atoms with E-state index >= 15 is 0 Å². The van der Waals surface area contributed by atoms with Crippen molar-refractivity contribution in [2.24, 2.45) is 0 Å². The molecular weight excluding hydrogens is 439 g/mol. The fourth-order valence-corrected chi connectivity index (χ4v) is 4.91. The number of carbonyl (C=O) groups is 2. The molecule has 4 rings (SSSR count). The van der Waals surface area contributed by atoms with Crippen LogP contribution in [0.3, 0.4) is 0 Å². The number of benzene rings is 2. The lowest BCUT2D eigenvalue weighted by molar-refractivity contribution is 0.0699. The lowest BCUT2D eigenvalue weighted by Crippen LogP contribution is -2.13. The Kier molecular flexibility index (Phi) is 5.07. The van der Waals surface area contributed by atoms with Crippen LogP contribution in [-0.2, 0) is 0 Å². The van der Waals surface area contributed by atoms with Gasteiger partial charge in [0.05, 0.1) is 15.2 Å². The van der Waals surface area contributed by atoms with Crippen molar-refractivity contribution in [1.82, 2.24) is 4.98 Å². The van der Waals surface area contributed by atoms with Gasteiger partial charge in [-0.15, -0.1) is 22.7 Å². The third-order valence-electron chi connectivity index (χ3n) is 3.95. The smallest absolute Gasteiger partial charge is 0.339 e. The van der Waals surface area contributed by atoms with Crippen LogP contribution in [0.2, 0.25) is 10.0 Å². The molecule has 0 aliphatic heterocycles. The molecule has 1 amide bonds. The fourth-order valence-electron chi connectivity index (χ4n) is 2.67. The molecule has 0 radical (unpaired) electrons. The molecule has 9 heteroatoms. The molecule has 2 N–H and O–H groups in total. The minimum Gasteiger partial charge on any atom is -0.478 e. The van der Waals surface area contributed by atoms with Crippen molar-refractivity contribution in [1.29, 1.82) is 0 Å². The SMILES string of the molecule is O=C(Nc1scc(-c2ccc(Cl)cc2)c1C(=O)O)c1nc2cccc(Cl)c2s1. The molecule has 0 bridgehead atoms. The number of thiophene rings is 1. The first-order valence-electron chi connectivity index (χ1n) is 7.91. The molecule has 0 fully saturated rings. The normalized spacial score (nSPS) is 10.9. The monoisotopic (exact) mass is 448 g/mol. The second kappa shape index (κ2) is 7.52. The van der Waals surface area contributed by atoms with Gasteiger partial charge in [0.25, 0.3) is 5.91 Å². The third kappa shape index (κ3) is 3.49. The number of carboxylic acid groups (broad SMARTS) is 1. The van der Waals surface area contributed by atoms with Crippen LogP contribution in [0.25, 0.3) is 21.3 Å². The van der Waals surface area contributed by atoms with Crippen molar-refractivity contribution >= 4 is 73.0 Å². The first-order chi connectivity index (χ1) is 13.4. The Morgan fingerprint density at radius 3 is 2.50 bits per heavy atom. The number of amides is 1. The molecule has 4 aromatic rings. The first kappa shape index (κ1) is 18.9. The molecule has 2 aromatic heterocycles. The summed E-state index contributed by atoms with van der Waals surface area (Å²) in [4.78, 5) is 28.8. The highest BCUT2D eigenvalue weighted by atomic mass is 35.5. The maximum atomic E-state index is 12.7. The van der Waals surface area contributed by atoms with Gasteiger partial charge in [-0.3, -0.25) is 4.79 Å². The summed E-state index contributed by atoms with van der Waals surface area (Å²) in [5.41, 5.74) is 1.86. The summed E-state index contributed by atoms with van der Waals surface area (Å²) in [5, 5.41) is 15.6. The van der Waals surface area contributed by atoms with Gasteiger partial charge in [-0.1, -0.05) is 41.4 Å². The number of carboxylic acids is 1. The van der Waals surface area contributed by atoms with E-state index < -0.39 is 11.9 Å². The second-order valence-electron chi connectivity index (χ2n) is 5.73. The van der Waals surface area contributed by atoms with Crippen LogP contribution < -0.4 is 5.32 Å². The minimum absolute atomic E-state index is 0.0276. The summed E-state index contributed by atoms with van der Waals surface area (Å²) >= 11 is 14.3. The molecule has 0 saturated carbocycles. The molecular formula is C19H10Cl2N2O3S2. The zero-order chi connectivity index (χ0) is 19.8. The van der Waals surface area contributed by atoms with Gasteiger partial charge in [0, 0.05) is 16.0 Å². The van der Waals surface area contributed by atoms with Gasteiger partial charge in [-0.25, -0.2) is 9.78 Å². The maximum Gasteiger partial charge on any atom is 0.339 e. The summed E-state index contributed by atoms with van der Waals surface area (Å²) in [6.45, 7) is 0. The number of hydrogen-bond donors (Lipinski definition) is 2. The zero-order valence-corrected chi connectivity index (χ0v) is 17.0. The van der Waals surface area contributed by atoms with E-state index in [2.05, 4.69) is 10.3 Å². The Bertz CT molecular complexity index is 1220. The highest BCUT2D eigenvalue weighted by Gasteiger charge is 2.23. The molecule has 0 aliphatic carbocycles. The van der Waals surface area contributed by atoms with Gasteiger partial charge in [0.1, 0.15) is 10.6 Å². The van der Waals surface area contributed by atoms with Gasteiger partial charge >= 0.3 is 5.97 Å². The van der Waals surface area contributed by atoms with Gasteiger partial charge < -0.3 is 10.4 Å². The molecule has 0 saturated heterocycles. The van der Waals surface area contributed by atoms with E-state index in [9.17, 15) is 14.7 Å². The Hall–Kier alpha value is -2.45. The van der Waals surface area contributed by atoms with Crippen LogP contribution in [0, 0.1) is 0 Å². The second-order valence-corrected chi connectivity index (χ2v) is 8.45. The van der Waals surface area contributed by atoms with Crippen molar-refractivity contribution in [2.75, 3.05) is 5.32 Å². The predicted octanol–water partition coefficient (Wildman–Crippen LogP) is 6.28. The van der Waals surface area contributed by atoms with Gasteiger partial charge in [-0.05, 0) is 29.8 Å². The highest BCUT2D eigenvalue weighted by molar-refractivity contribution is 7.21. The van der Waals surface area contributed by atoms with Gasteiger partial charge in [0.15, 0.2) is 5.01 Å². The van der Waals surface area contributed by atoms with Crippen molar-refractivity contribution in [2.45, 2.75) is 0 Å². The summed E-state index contributed by atoms with van der Waals surface area (Å²) < 4.78 is 0.709. The third-order valence-corrected chi connectivity index (χ3v) is 6.63. The molecule has 0 aliphatic rings. The molecule has 28 heavy (non-hydrogen) atoms. The number of carbonyl (C=O) groups excluding carboxylic acids is 1. The molecule has 2 aromatic carbocycles. The van der Waals surface area contributed by atoms with Crippen molar-refractivity contribution in [3.05, 3.63) is 68.5 Å². The first-order valence-corrected chi connectivity index (χ1v) is 10.4. The predicted molar refractivity (Wildman–Crippen MR) is 114 cm³/mol. The number of aromatic carboxylic acids is 1. The van der Waals surface area contributed by atoms with Gasteiger partial charge in [0.2, 0.25) is 0 Å². The number of nitrogens with zero attached hydrogens (tertiary/aromatic N) is 1. The minimum atomic E-state index is -1.13. The number of thiazole rings is 1. The summed E-state index contributed by atoms with van der Waals surface area (Å²) in [7, 11) is 0. The average molecular weight is 449 g/mol. The summed E-state index contributed by atoms with van der Waals surface area (Å²) in [5.74, 6) is -1.61. The standard InChI is InChI=1S/C19H10Cl2N2O3S2/c20-10-6-4-9(5-7-10)11-8-27-17(14(11)19(25)26)23-16(24)18-22-13-3-1-2-12(21)15(13)28-18/h1-8H,(H,23,24)(H,25,26). The number of fused-ring (bicyclic) bond motifs is 1. The van der Waals surface area contributed by atoms with E-state index in [1.165, 1.54) is 0 Å². The van der Waals surface area contributed by atoms with Crippen LogP contribution in [0.4, 0.5) is 5.00 Å². The van der Waals surface area contributed by atoms with Crippen LogP contribution in [0.1, 0.15) is 20.2 Å². The highest BCUT2D eigenvalue weighted by Crippen LogP contribution is 2.37. The molecule has 5 nitrogen and oxygen atoms in total. The molecule has 140 valence electrons. The van der Waals surface area contributed by atoms with E-state index in [0.717, 1.165) is 22.7 Å². The van der Waals surface area contributed by atoms with E-state index in [1.54, 1.807) is 47.8 Å². The molecule has 0 spiro atoms. The fraction of sp³-hybridized carbons (Fsp3) is 0. The Balaban J connectivity index is 1.69. The Morgan fingerprint density at radius 1 is 1.07 bits per heavy atom. The molecule has 0 atom stereocenters. The van der Waals surface area contributed by atoms with E-state index in [1.807, 2.05) is 0 Å². The van der Waals surface area contributed by atoms with Crippen molar-refractivity contribution < 1.29 is 14.7 Å². The number of halogens is 2. The number of aromatic nitrogens is 1. The Labute approximate surface area is 177 Å². The summed E-state index contributed by atoms with van der Waals surface area (Å²) in [6, 6.07) is 12.1. The maximum absolute atomic E-state index is 12.7. The molecule has 2 heterocycles. The van der Waals surface area contributed by atoms with Crippen LogP contribution >= 0.6 is 45.9 Å². The van der Waals surface area contributed by atoms with Crippen LogP contribution in [-0.4, -0.2) is 22.0 Å². The number of nitrogens with one attached hydrogen (secondary N) is 1. The average Bonchev–Trinajstić information content (AvgIpc) is 3.27. The van der Waals surface area contributed by atoms with Gasteiger partial charge in [-0.2, -0.15) is 0 Å². The zero-order valence-electron chi connectivity index (χ0n) is 13.9. The van der Waals surface area contributed by atoms with Crippen LogP contribution in [0.5, 0.6) is 0 Å². The van der Waals surface area contributed by atoms with Crippen molar-refractivity contribution in [3.63, 3.8) is 0 Å². The number of rotatable bonds is 4. The van der Waals surface area contributed by atoms with Crippen molar-refractivity contribution in [3.8, 4) is 11.1 Å². The number of anilines is 1. The molecule has 0 unspecified atom stereocenters. The lowest BCUT2D eigenvalue weighted by Gasteiger charge is -2.05. The summed E-state index contributed by atoms with van der Waals surface area (Å²) in [6.07, 6.45) is 0.